The number of aryl methyl sites for hydroxylation is 1. The Morgan fingerprint density at radius 3 is 2.74 bits per heavy atom. The van der Waals surface area contributed by atoms with Crippen LogP contribution in [0.5, 0.6) is 5.75 Å². The highest BCUT2D eigenvalue weighted by Crippen LogP contribution is 2.24. The summed E-state index contributed by atoms with van der Waals surface area (Å²) in [6.07, 6.45) is 10.4. The number of benzene rings is 1. The van der Waals surface area contributed by atoms with E-state index in [1.807, 2.05) is 24.3 Å². The largest absolute Gasteiger partial charge is 0.508 e. The molecular weight excluding hydrogens is 346 g/mol. The predicted octanol–water partition coefficient (Wildman–Crippen LogP) is 3.66. The van der Waals surface area contributed by atoms with Crippen LogP contribution in [0.1, 0.15) is 47.7 Å². The van der Waals surface area contributed by atoms with Crippen molar-refractivity contribution in [1.29, 1.82) is 0 Å². The van der Waals surface area contributed by atoms with Crippen molar-refractivity contribution < 1.29 is 24.3 Å². The molecule has 0 saturated heterocycles. The second-order valence-electron chi connectivity index (χ2n) is 6.41. The third-order valence-corrected chi connectivity index (χ3v) is 3.92. The first-order valence-electron chi connectivity index (χ1n) is 8.96. The van der Waals surface area contributed by atoms with Crippen LogP contribution in [-0.2, 0) is 20.8 Å². The van der Waals surface area contributed by atoms with Crippen molar-refractivity contribution in [1.82, 2.24) is 0 Å². The molecule has 0 fully saturated rings. The number of aromatic hydroxyl groups is 1. The molecule has 6 heteroatoms. The van der Waals surface area contributed by atoms with E-state index in [1.54, 1.807) is 6.92 Å². The number of phenols is 1. The Labute approximate surface area is 159 Å². The van der Waals surface area contributed by atoms with E-state index >= 15 is 0 Å². The molecule has 6 nitrogen and oxygen atoms in total. The van der Waals surface area contributed by atoms with Crippen LogP contribution in [0.25, 0.3) is 0 Å². The maximum atomic E-state index is 12.6. The molecule has 1 N–H and O–H groups in total. The molecule has 0 unspecified atom stereocenters. The summed E-state index contributed by atoms with van der Waals surface area (Å²) in [5.74, 6) is -0.496. The summed E-state index contributed by atoms with van der Waals surface area (Å²) >= 11 is 0. The predicted molar refractivity (Wildman–Crippen MR) is 103 cm³/mol. The number of hydrogen-bond donors (Lipinski definition) is 1. The first-order chi connectivity index (χ1) is 13.0. The fraction of sp³-hybridized carbons (Fsp3) is 0.381. The lowest BCUT2D eigenvalue weighted by Gasteiger charge is -2.13. The Bertz CT molecular complexity index is 777. The molecule has 0 bridgehead atoms. The molecule has 0 aliphatic carbocycles. The van der Waals surface area contributed by atoms with Crippen LogP contribution in [0.3, 0.4) is 0 Å². The summed E-state index contributed by atoms with van der Waals surface area (Å²) in [6.45, 7) is 3.35. The highest BCUT2D eigenvalue weighted by Gasteiger charge is 2.18. The number of carbonyl (C=O) groups excluding carboxylic acids is 2. The summed E-state index contributed by atoms with van der Waals surface area (Å²) in [5, 5.41) is 14.0. The van der Waals surface area contributed by atoms with Gasteiger partial charge in [0.2, 0.25) is 0 Å². The first kappa shape index (κ1) is 20.4. The molecule has 144 valence electrons. The molecule has 0 saturated carbocycles. The maximum absolute atomic E-state index is 12.6. The topological polar surface area (TPSA) is 85.2 Å². The number of ketones is 1. The molecule has 0 aromatic heterocycles. The Morgan fingerprint density at radius 1 is 1.22 bits per heavy atom. The van der Waals surface area contributed by atoms with Gasteiger partial charge in [0.1, 0.15) is 5.75 Å². The number of ether oxygens (including phenoxy) is 1. The van der Waals surface area contributed by atoms with Gasteiger partial charge in [0, 0.05) is 6.42 Å². The highest BCUT2D eigenvalue weighted by atomic mass is 16.6. The van der Waals surface area contributed by atoms with Crippen LogP contribution < -0.4 is 0 Å². The van der Waals surface area contributed by atoms with Crippen LogP contribution in [0, 0.1) is 6.92 Å². The number of oxime groups is 1. The number of hydrogen-bond acceptors (Lipinski definition) is 6. The zero-order valence-electron chi connectivity index (χ0n) is 15.7. The van der Waals surface area contributed by atoms with Crippen molar-refractivity contribution in [3.05, 3.63) is 53.1 Å². The number of allylic oxidation sites excluding steroid dienone is 3. The van der Waals surface area contributed by atoms with Gasteiger partial charge in [-0.25, -0.2) is 4.79 Å². The molecule has 0 radical (unpaired) electrons. The molecule has 1 aliphatic rings. The Hall–Kier alpha value is -2.89. The van der Waals surface area contributed by atoms with Crippen molar-refractivity contribution in [2.75, 3.05) is 13.2 Å². The van der Waals surface area contributed by atoms with Gasteiger partial charge in [-0.15, -0.1) is 0 Å². The number of carbonyl (C=O) groups is 2. The number of nitrogens with zero attached hydrogens (tertiary/aromatic N) is 1. The Morgan fingerprint density at radius 2 is 1.96 bits per heavy atom. The van der Waals surface area contributed by atoms with Gasteiger partial charge in [0.05, 0.1) is 17.9 Å². The minimum Gasteiger partial charge on any atom is -0.508 e. The zero-order chi connectivity index (χ0) is 19.6. The molecule has 0 spiro atoms. The zero-order valence-corrected chi connectivity index (χ0v) is 15.7. The van der Waals surface area contributed by atoms with E-state index in [2.05, 4.69) is 5.16 Å². The number of phenolic OH excluding ortho intramolecular Hbond substituents is 1. The standard InChI is InChI=1S/C21H25NO5/c1-15-11-19(24)13-17-12-18(22-27-14-16(2)23)9-7-5-3-4-6-8-10-26-21(25)20(15)17/h4,6-7,9,11,13,24H,3,5,8,10,12,14H2,1-2H3/b6-4+,9-7+,22-18+. The van der Waals surface area contributed by atoms with Crippen molar-refractivity contribution in [3.8, 4) is 5.75 Å². The van der Waals surface area contributed by atoms with Gasteiger partial charge in [0.25, 0.3) is 0 Å². The number of rotatable bonds is 3. The van der Waals surface area contributed by atoms with Gasteiger partial charge < -0.3 is 14.7 Å². The Balaban J connectivity index is 2.39. The van der Waals surface area contributed by atoms with Gasteiger partial charge >= 0.3 is 5.97 Å². The number of fused-ring (bicyclic) bond motifs is 1. The van der Waals surface area contributed by atoms with E-state index in [0.717, 1.165) is 12.8 Å². The van der Waals surface area contributed by atoms with Crippen LogP contribution in [-0.4, -0.2) is 35.8 Å². The van der Waals surface area contributed by atoms with Crippen LogP contribution in [0.4, 0.5) is 0 Å². The first-order valence-corrected chi connectivity index (χ1v) is 8.96. The summed E-state index contributed by atoms with van der Waals surface area (Å²) in [5.41, 5.74) is 2.20. The monoisotopic (exact) mass is 371 g/mol. The van der Waals surface area contributed by atoms with Gasteiger partial charge in [-0.2, -0.15) is 0 Å². The molecule has 0 atom stereocenters. The van der Waals surface area contributed by atoms with Crippen LogP contribution >= 0.6 is 0 Å². The lowest BCUT2D eigenvalue weighted by atomic mass is 9.96. The van der Waals surface area contributed by atoms with Crippen LogP contribution in [0.2, 0.25) is 0 Å². The van der Waals surface area contributed by atoms with E-state index in [4.69, 9.17) is 9.57 Å². The van der Waals surface area contributed by atoms with Gasteiger partial charge in [0.15, 0.2) is 12.4 Å². The van der Waals surface area contributed by atoms with Crippen molar-refractivity contribution in [2.45, 2.75) is 39.5 Å². The molecule has 27 heavy (non-hydrogen) atoms. The maximum Gasteiger partial charge on any atom is 0.338 e. The highest BCUT2D eigenvalue weighted by molar-refractivity contribution is 6.00. The normalized spacial score (nSPS) is 19.5. The van der Waals surface area contributed by atoms with E-state index in [-0.39, 0.29) is 24.6 Å². The quantitative estimate of drug-likeness (QED) is 0.498. The van der Waals surface area contributed by atoms with Crippen LogP contribution in [0.15, 0.2) is 41.6 Å². The molecule has 0 amide bonds. The third-order valence-electron chi connectivity index (χ3n) is 3.92. The fourth-order valence-corrected chi connectivity index (χ4v) is 2.73. The third kappa shape index (κ3) is 6.73. The number of cyclic esters (lactones) is 1. The van der Waals surface area contributed by atoms with Gasteiger partial charge in [-0.05, 0) is 62.4 Å². The smallest absolute Gasteiger partial charge is 0.338 e. The molecule has 1 aromatic rings. The second kappa shape index (κ2) is 10.3. The van der Waals surface area contributed by atoms with Crippen molar-refractivity contribution >= 4 is 17.5 Å². The molecule has 1 heterocycles. The lowest BCUT2D eigenvalue weighted by Crippen LogP contribution is -2.14. The van der Waals surface area contributed by atoms with E-state index < -0.39 is 5.97 Å². The minimum atomic E-state index is -0.430. The van der Waals surface area contributed by atoms with E-state index in [1.165, 1.54) is 19.1 Å². The van der Waals surface area contributed by atoms with Gasteiger partial charge in [-0.1, -0.05) is 23.4 Å². The summed E-state index contributed by atoms with van der Waals surface area (Å²) in [6, 6.07) is 3.06. The summed E-state index contributed by atoms with van der Waals surface area (Å²) < 4.78 is 5.38. The summed E-state index contributed by atoms with van der Waals surface area (Å²) in [4.78, 5) is 28.7. The number of esters is 1. The molecular formula is C21H25NO5. The minimum absolute atomic E-state index is 0.0658. The second-order valence-corrected chi connectivity index (χ2v) is 6.41. The summed E-state index contributed by atoms with van der Waals surface area (Å²) in [7, 11) is 0. The SMILES string of the molecule is CC(=O)CO/N=C1\C=C\CC/C=C/CCOC(=O)c2c(C)cc(O)cc2C1. The van der Waals surface area contributed by atoms with Gasteiger partial charge in [-0.3, -0.25) is 4.79 Å². The lowest BCUT2D eigenvalue weighted by molar-refractivity contribution is -0.121. The number of Topliss-reactive ketones (excluding diaryl/α,β-unsaturated/α-hetero) is 1. The van der Waals surface area contributed by atoms with E-state index in [0.29, 0.717) is 35.4 Å². The average Bonchev–Trinajstić information content (AvgIpc) is 2.58. The molecule has 1 aromatic carbocycles. The fourth-order valence-electron chi connectivity index (χ4n) is 2.73. The van der Waals surface area contributed by atoms with E-state index in [9.17, 15) is 14.7 Å². The molecule has 1 aliphatic heterocycles. The Kier molecular flexibility index (Phi) is 7.79. The molecule has 2 rings (SSSR count). The van der Waals surface area contributed by atoms with Crippen molar-refractivity contribution in [2.24, 2.45) is 5.16 Å². The van der Waals surface area contributed by atoms with Crippen molar-refractivity contribution in [3.63, 3.8) is 0 Å². The average molecular weight is 371 g/mol.